The number of nitriles is 1. The lowest BCUT2D eigenvalue weighted by Crippen LogP contribution is -2.04. The lowest BCUT2D eigenvalue weighted by atomic mass is 10.1. The SMILES string of the molecule is C/C=C(\C=C/NCc1ccc(C#N)cc1)c1ccn(Cc2ccccc2)c1. The number of nitrogens with one attached hydrogen (secondary N) is 1. The fourth-order valence-electron chi connectivity index (χ4n) is 2.89. The van der Waals surface area contributed by atoms with E-state index in [0.717, 1.165) is 18.7 Å². The molecule has 134 valence electrons. The average molecular weight is 353 g/mol. The van der Waals surface area contributed by atoms with Gasteiger partial charge in [0.05, 0.1) is 11.6 Å². The molecule has 3 aromatic rings. The Morgan fingerprint density at radius 1 is 1.04 bits per heavy atom. The fourth-order valence-corrected chi connectivity index (χ4v) is 2.89. The Bertz CT molecular complexity index is 955. The Labute approximate surface area is 160 Å². The molecule has 3 rings (SSSR count). The van der Waals surface area contributed by atoms with Gasteiger partial charge in [-0.1, -0.05) is 48.5 Å². The predicted molar refractivity (Wildman–Crippen MR) is 111 cm³/mol. The van der Waals surface area contributed by atoms with E-state index in [1.165, 1.54) is 16.7 Å². The van der Waals surface area contributed by atoms with Crippen molar-refractivity contribution in [2.24, 2.45) is 0 Å². The van der Waals surface area contributed by atoms with E-state index < -0.39 is 0 Å². The van der Waals surface area contributed by atoms with Gasteiger partial charge in [-0.05, 0) is 59.7 Å². The summed E-state index contributed by atoms with van der Waals surface area (Å²) in [6.07, 6.45) is 10.5. The Hall–Kier alpha value is -3.51. The van der Waals surface area contributed by atoms with Gasteiger partial charge in [0, 0.05) is 25.5 Å². The molecule has 0 radical (unpaired) electrons. The third-order valence-corrected chi connectivity index (χ3v) is 4.37. The van der Waals surface area contributed by atoms with Crippen molar-refractivity contribution in [3.8, 4) is 6.07 Å². The minimum Gasteiger partial charge on any atom is -0.387 e. The molecule has 0 aliphatic carbocycles. The first-order valence-corrected chi connectivity index (χ1v) is 9.04. The summed E-state index contributed by atoms with van der Waals surface area (Å²) in [4.78, 5) is 0. The molecule has 1 aromatic heterocycles. The summed E-state index contributed by atoms with van der Waals surface area (Å²) >= 11 is 0. The Kier molecular flexibility index (Phi) is 6.27. The van der Waals surface area contributed by atoms with Crippen LogP contribution in [-0.2, 0) is 13.1 Å². The largest absolute Gasteiger partial charge is 0.387 e. The first-order chi connectivity index (χ1) is 13.3. The Balaban J connectivity index is 1.57. The molecule has 3 nitrogen and oxygen atoms in total. The van der Waals surface area contributed by atoms with Crippen molar-refractivity contribution in [2.45, 2.75) is 20.0 Å². The summed E-state index contributed by atoms with van der Waals surface area (Å²) in [5.41, 5.74) is 5.50. The molecule has 3 heteroatoms. The maximum Gasteiger partial charge on any atom is 0.0991 e. The first-order valence-electron chi connectivity index (χ1n) is 9.04. The minimum atomic E-state index is 0.686. The summed E-state index contributed by atoms with van der Waals surface area (Å²) in [6, 6.07) is 22.4. The zero-order valence-corrected chi connectivity index (χ0v) is 15.5. The molecule has 27 heavy (non-hydrogen) atoms. The highest BCUT2D eigenvalue weighted by atomic mass is 14.9. The van der Waals surface area contributed by atoms with Crippen molar-refractivity contribution in [1.29, 1.82) is 5.26 Å². The molecule has 0 atom stereocenters. The summed E-state index contributed by atoms with van der Waals surface area (Å²) < 4.78 is 2.20. The molecule has 0 spiro atoms. The minimum absolute atomic E-state index is 0.686. The van der Waals surface area contributed by atoms with Gasteiger partial charge in [0.25, 0.3) is 0 Å². The number of allylic oxidation sites excluding steroid dienone is 3. The van der Waals surface area contributed by atoms with E-state index in [0.29, 0.717) is 5.56 Å². The highest BCUT2D eigenvalue weighted by molar-refractivity contribution is 5.73. The second-order valence-corrected chi connectivity index (χ2v) is 6.33. The van der Waals surface area contributed by atoms with Crippen LogP contribution in [0.4, 0.5) is 0 Å². The molecule has 0 saturated carbocycles. The zero-order valence-electron chi connectivity index (χ0n) is 15.5. The molecule has 0 saturated heterocycles. The van der Waals surface area contributed by atoms with Crippen LogP contribution in [0, 0.1) is 11.3 Å². The van der Waals surface area contributed by atoms with Crippen molar-refractivity contribution in [3.63, 3.8) is 0 Å². The second kappa shape index (κ2) is 9.26. The predicted octanol–water partition coefficient (Wildman–Crippen LogP) is 5.11. The van der Waals surface area contributed by atoms with Gasteiger partial charge in [0.1, 0.15) is 0 Å². The van der Waals surface area contributed by atoms with Crippen molar-refractivity contribution in [3.05, 3.63) is 114 Å². The lowest BCUT2D eigenvalue weighted by molar-refractivity contribution is 0.805. The van der Waals surface area contributed by atoms with Crippen LogP contribution in [0.1, 0.15) is 29.2 Å². The number of benzene rings is 2. The maximum atomic E-state index is 8.84. The van der Waals surface area contributed by atoms with Crippen LogP contribution >= 0.6 is 0 Å². The molecule has 0 bridgehead atoms. The molecular weight excluding hydrogens is 330 g/mol. The van der Waals surface area contributed by atoms with Crippen LogP contribution in [-0.4, -0.2) is 4.57 Å². The smallest absolute Gasteiger partial charge is 0.0991 e. The van der Waals surface area contributed by atoms with Gasteiger partial charge < -0.3 is 9.88 Å². The lowest BCUT2D eigenvalue weighted by Gasteiger charge is -2.04. The van der Waals surface area contributed by atoms with Gasteiger partial charge in [0.2, 0.25) is 0 Å². The standard InChI is InChI=1S/C24H23N3/c1-2-23(12-14-26-17-21-10-8-20(16-25)9-11-21)24-13-15-27(19-24)18-22-6-4-3-5-7-22/h2-15,19,26H,17-18H2,1H3/b14-12-,23-2+. The van der Waals surface area contributed by atoms with Crippen LogP contribution in [0.15, 0.2) is 91.4 Å². The summed E-state index contributed by atoms with van der Waals surface area (Å²) in [6.45, 7) is 3.65. The van der Waals surface area contributed by atoms with Gasteiger partial charge >= 0.3 is 0 Å². The normalized spacial score (nSPS) is 11.5. The zero-order chi connectivity index (χ0) is 18.9. The third kappa shape index (κ3) is 5.23. The molecule has 0 aliphatic rings. The Morgan fingerprint density at radius 3 is 2.52 bits per heavy atom. The molecule has 0 fully saturated rings. The third-order valence-electron chi connectivity index (χ3n) is 4.37. The van der Waals surface area contributed by atoms with E-state index in [9.17, 15) is 0 Å². The van der Waals surface area contributed by atoms with Gasteiger partial charge in [-0.3, -0.25) is 0 Å². The number of rotatable bonds is 7. The van der Waals surface area contributed by atoms with Crippen LogP contribution < -0.4 is 5.32 Å². The van der Waals surface area contributed by atoms with Gasteiger partial charge in [-0.15, -0.1) is 0 Å². The molecule has 2 aromatic carbocycles. The van der Waals surface area contributed by atoms with Crippen molar-refractivity contribution < 1.29 is 0 Å². The van der Waals surface area contributed by atoms with E-state index in [4.69, 9.17) is 5.26 Å². The summed E-state index contributed by atoms with van der Waals surface area (Å²) in [5.74, 6) is 0. The van der Waals surface area contributed by atoms with E-state index in [2.05, 4.69) is 77.8 Å². The van der Waals surface area contributed by atoms with Crippen LogP contribution in [0.25, 0.3) is 5.57 Å². The molecular formula is C24H23N3. The van der Waals surface area contributed by atoms with Crippen molar-refractivity contribution >= 4 is 5.57 Å². The van der Waals surface area contributed by atoms with Crippen LogP contribution in [0.3, 0.4) is 0 Å². The van der Waals surface area contributed by atoms with E-state index >= 15 is 0 Å². The number of aromatic nitrogens is 1. The quantitative estimate of drug-likeness (QED) is 0.599. The molecule has 1 heterocycles. The molecule has 1 N–H and O–H groups in total. The number of nitrogens with zero attached hydrogens (tertiary/aromatic N) is 2. The van der Waals surface area contributed by atoms with Crippen LogP contribution in [0.2, 0.25) is 0 Å². The van der Waals surface area contributed by atoms with E-state index in [-0.39, 0.29) is 0 Å². The highest BCUT2D eigenvalue weighted by Gasteiger charge is 2.01. The topological polar surface area (TPSA) is 40.8 Å². The van der Waals surface area contributed by atoms with Gasteiger partial charge in [0.15, 0.2) is 0 Å². The van der Waals surface area contributed by atoms with E-state index in [1.54, 1.807) is 0 Å². The fraction of sp³-hybridized carbons (Fsp3) is 0.125. The molecule has 0 unspecified atom stereocenters. The average Bonchev–Trinajstić information content (AvgIpc) is 3.17. The number of hydrogen-bond donors (Lipinski definition) is 1. The second-order valence-electron chi connectivity index (χ2n) is 6.33. The van der Waals surface area contributed by atoms with Gasteiger partial charge in [-0.2, -0.15) is 5.26 Å². The van der Waals surface area contributed by atoms with Crippen LogP contribution in [0.5, 0.6) is 0 Å². The van der Waals surface area contributed by atoms with Crippen molar-refractivity contribution in [1.82, 2.24) is 9.88 Å². The molecule has 0 aliphatic heterocycles. The number of hydrogen-bond acceptors (Lipinski definition) is 2. The Morgan fingerprint density at radius 2 is 1.81 bits per heavy atom. The first kappa shape index (κ1) is 18.3. The summed E-state index contributed by atoms with van der Waals surface area (Å²) in [5, 5.41) is 12.1. The van der Waals surface area contributed by atoms with Gasteiger partial charge in [-0.25, -0.2) is 0 Å². The molecule has 0 amide bonds. The van der Waals surface area contributed by atoms with Crippen molar-refractivity contribution in [2.75, 3.05) is 0 Å². The van der Waals surface area contributed by atoms with E-state index in [1.807, 2.05) is 36.5 Å². The maximum absolute atomic E-state index is 8.84. The highest BCUT2D eigenvalue weighted by Crippen LogP contribution is 2.17. The monoisotopic (exact) mass is 353 g/mol. The summed E-state index contributed by atoms with van der Waals surface area (Å²) in [7, 11) is 0.